The molecule has 1 aliphatic heterocycles. The Bertz CT molecular complexity index is 757. The van der Waals surface area contributed by atoms with Crippen molar-refractivity contribution in [2.75, 3.05) is 5.32 Å². The third-order valence-electron chi connectivity index (χ3n) is 3.82. The molecule has 0 fully saturated rings. The maximum Gasteiger partial charge on any atom is 0.319 e. The molecule has 2 heterocycles. The lowest BCUT2D eigenvalue weighted by molar-refractivity contribution is -0.384. The fourth-order valence-electron chi connectivity index (χ4n) is 2.56. The molecule has 23 heavy (non-hydrogen) atoms. The van der Waals surface area contributed by atoms with Gasteiger partial charge in [0.25, 0.3) is 5.69 Å². The number of hydrogen-bond acceptors (Lipinski definition) is 5. The second-order valence-electron chi connectivity index (χ2n) is 5.45. The van der Waals surface area contributed by atoms with Crippen LogP contribution in [0.4, 0.5) is 16.2 Å². The van der Waals surface area contributed by atoms with Gasteiger partial charge in [-0.2, -0.15) is 5.10 Å². The highest BCUT2D eigenvalue weighted by Crippen LogP contribution is 2.22. The van der Waals surface area contributed by atoms with E-state index in [0.717, 1.165) is 24.2 Å². The average molecular weight is 316 g/mol. The van der Waals surface area contributed by atoms with E-state index in [1.54, 1.807) is 17.7 Å². The fourth-order valence-corrected chi connectivity index (χ4v) is 2.56. The minimum atomic E-state index is -0.490. The third kappa shape index (κ3) is 3.28. The quantitative estimate of drug-likeness (QED) is 0.659. The Labute approximate surface area is 131 Å². The van der Waals surface area contributed by atoms with Crippen LogP contribution < -0.4 is 10.6 Å². The molecule has 0 radical (unpaired) electrons. The van der Waals surface area contributed by atoms with Crippen LogP contribution in [0.2, 0.25) is 0 Å². The van der Waals surface area contributed by atoms with Crippen LogP contribution in [-0.4, -0.2) is 31.8 Å². The van der Waals surface area contributed by atoms with Crippen LogP contribution in [0, 0.1) is 17.0 Å². The van der Waals surface area contributed by atoms with Crippen molar-refractivity contribution in [2.24, 2.45) is 0 Å². The lowest BCUT2D eigenvalue weighted by Crippen LogP contribution is -2.43. The second kappa shape index (κ2) is 6.03. The van der Waals surface area contributed by atoms with Crippen molar-refractivity contribution < 1.29 is 9.72 Å². The van der Waals surface area contributed by atoms with Gasteiger partial charge in [0.1, 0.15) is 12.2 Å². The van der Waals surface area contributed by atoms with Crippen molar-refractivity contribution in [3.8, 4) is 0 Å². The van der Waals surface area contributed by atoms with Crippen LogP contribution in [-0.2, 0) is 13.0 Å². The van der Waals surface area contributed by atoms with Gasteiger partial charge in [-0.25, -0.2) is 14.5 Å². The second-order valence-corrected chi connectivity index (χ2v) is 5.45. The molecular formula is C14H16N6O3. The van der Waals surface area contributed by atoms with Gasteiger partial charge in [-0.15, -0.1) is 0 Å². The molecule has 1 atom stereocenters. The lowest BCUT2D eigenvalue weighted by atomic mass is 10.1. The predicted molar refractivity (Wildman–Crippen MR) is 82.1 cm³/mol. The van der Waals surface area contributed by atoms with Gasteiger partial charge in [0.2, 0.25) is 0 Å². The molecule has 0 spiro atoms. The van der Waals surface area contributed by atoms with E-state index < -0.39 is 4.92 Å². The van der Waals surface area contributed by atoms with Gasteiger partial charge in [0.15, 0.2) is 0 Å². The first kappa shape index (κ1) is 14.9. The molecule has 0 saturated carbocycles. The number of carbonyl (C=O) groups excluding carboxylic acids is 1. The van der Waals surface area contributed by atoms with Crippen LogP contribution in [0.3, 0.4) is 0 Å². The summed E-state index contributed by atoms with van der Waals surface area (Å²) in [7, 11) is 0. The number of anilines is 1. The first-order chi connectivity index (χ1) is 11.0. The van der Waals surface area contributed by atoms with E-state index in [9.17, 15) is 14.9 Å². The summed E-state index contributed by atoms with van der Waals surface area (Å²) in [6.45, 7) is 2.35. The Morgan fingerprint density at radius 2 is 2.30 bits per heavy atom. The molecule has 3 rings (SSSR count). The van der Waals surface area contributed by atoms with E-state index >= 15 is 0 Å². The molecule has 2 N–H and O–H groups in total. The summed E-state index contributed by atoms with van der Waals surface area (Å²) >= 11 is 0. The van der Waals surface area contributed by atoms with Crippen LogP contribution in [0.1, 0.15) is 17.8 Å². The van der Waals surface area contributed by atoms with E-state index in [2.05, 4.69) is 20.7 Å². The van der Waals surface area contributed by atoms with Gasteiger partial charge in [-0.1, -0.05) is 6.07 Å². The minimum Gasteiger partial charge on any atom is -0.333 e. The zero-order valence-electron chi connectivity index (χ0n) is 12.5. The minimum absolute atomic E-state index is 0.0526. The predicted octanol–water partition coefficient (Wildman–Crippen LogP) is 1.63. The van der Waals surface area contributed by atoms with E-state index in [1.165, 1.54) is 18.5 Å². The Balaban J connectivity index is 1.64. The number of nitro groups is 1. The summed E-state index contributed by atoms with van der Waals surface area (Å²) < 4.78 is 1.77. The SMILES string of the molecule is Cc1ccc([N+](=O)[O-])cc1NC(=O)N[C@@H]1CCc2ncnn2C1. The molecule has 0 bridgehead atoms. The Morgan fingerprint density at radius 3 is 3.09 bits per heavy atom. The molecule has 1 aliphatic rings. The van der Waals surface area contributed by atoms with Crippen LogP contribution >= 0.6 is 0 Å². The Morgan fingerprint density at radius 1 is 1.48 bits per heavy atom. The van der Waals surface area contributed by atoms with Crippen LogP contribution in [0.5, 0.6) is 0 Å². The van der Waals surface area contributed by atoms with E-state index in [0.29, 0.717) is 12.2 Å². The number of fused-ring (bicyclic) bond motifs is 1. The Hall–Kier alpha value is -2.97. The molecule has 1 aromatic carbocycles. The normalized spacial score (nSPS) is 16.5. The highest BCUT2D eigenvalue weighted by molar-refractivity contribution is 5.90. The van der Waals surface area contributed by atoms with Crippen molar-refractivity contribution in [3.63, 3.8) is 0 Å². The molecule has 9 heteroatoms. The number of aryl methyl sites for hydroxylation is 2. The van der Waals surface area contributed by atoms with Crippen molar-refractivity contribution >= 4 is 17.4 Å². The summed E-state index contributed by atoms with van der Waals surface area (Å²) in [6.07, 6.45) is 3.03. The summed E-state index contributed by atoms with van der Waals surface area (Å²) in [4.78, 5) is 26.6. The summed E-state index contributed by atoms with van der Waals surface area (Å²) in [5.74, 6) is 0.915. The molecule has 1 aromatic heterocycles. The van der Waals surface area contributed by atoms with Gasteiger partial charge in [0, 0.05) is 18.6 Å². The summed E-state index contributed by atoms with van der Waals surface area (Å²) in [5, 5.41) is 20.5. The molecule has 2 amide bonds. The number of nitro benzene ring substituents is 1. The summed E-state index contributed by atoms with van der Waals surface area (Å²) in [6, 6.07) is 3.93. The van der Waals surface area contributed by atoms with Crippen molar-refractivity contribution in [1.82, 2.24) is 20.1 Å². The molecule has 0 unspecified atom stereocenters. The zero-order valence-corrected chi connectivity index (χ0v) is 12.5. The molecule has 2 aromatic rings. The molecule has 9 nitrogen and oxygen atoms in total. The molecule has 0 aliphatic carbocycles. The van der Waals surface area contributed by atoms with Crippen LogP contribution in [0.25, 0.3) is 0 Å². The number of benzene rings is 1. The van der Waals surface area contributed by atoms with Gasteiger partial charge in [-0.3, -0.25) is 10.1 Å². The number of carbonyl (C=O) groups is 1. The van der Waals surface area contributed by atoms with E-state index in [1.807, 2.05) is 0 Å². The number of hydrogen-bond donors (Lipinski definition) is 2. The smallest absolute Gasteiger partial charge is 0.319 e. The number of non-ortho nitro benzene ring substituents is 1. The molecular weight excluding hydrogens is 300 g/mol. The number of nitrogens with zero attached hydrogens (tertiary/aromatic N) is 4. The van der Waals surface area contributed by atoms with Gasteiger partial charge >= 0.3 is 6.03 Å². The third-order valence-corrected chi connectivity index (χ3v) is 3.82. The highest BCUT2D eigenvalue weighted by atomic mass is 16.6. The largest absolute Gasteiger partial charge is 0.333 e. The van der Waals surface area contributed by atoms with E-state index in [4.69, 9.17) is 0 Å². The number of urea groups is 1. The average Bonchev–Trinajstić information content (AvgIpc) is 2.96. The van der Waals surface area contributed by atoms with Crippen molar-refractivity contribution in [1.29, 1.82) is 0 Å². The monoisotopic (exact) mass is 316 g/mol. The zero-order chi connectivity index (χ0) is 16.4. The molecule has 120 valence electrons. The topological polar surface area (TPSA) is 115 Å². The Kier molecular flexibility index (Phi) is 3.92. The number of amides is 2. The maximum absolute atomic E-state index is 12.1. The fraction of sp³-hybridized carbons (Fsp3) is 0.357. The highest BCUT2D eigenvalue weighted by Gasteiger charge is 2.21. The van der Waals surface area contributed by atoms with Gasteiger partial charge < -0.3 is 10.6 Å². The molecule has 0 saturated heterocycles. The first-order valence-corrected chi connectivity index (χ1v) is 7.22. The standard InChI is InChI=1S/C14H16N6O3/c1-9-2-4-11(20(22)23)6-12(9)18-14(21)17-10-3-5-13-15-8-16-19(13)7-10/h2,4,6,8,10H,3,5,7H2,1H3,(H2,17,18,21)/t10-/m1/s1. The van der Waals surface area contributed by atoms with Crippen molar-refractivity contribution in [3.05, 3.63) is 46.0 Å². The van der Waals surface area contributed by atoms with Gasteiger partial charge in [0.05, 0.1) is 23.2 Å². The van der Waals surface area contributed by atoms with Crippen LogP contribution in [0.15, 0.2) is 24.5 Å². The lowest BCUT2D eigenvalue weighted by Gasteiger charge is -2.23. The van der Waals surface area contributed by atoms with Crippen molar-refractivity contribution in [2.45, 2.75) is 32.4 Å². The first-order valence-electron chi connectivity index (χ1n) is 7.22. The number of nitrogens with one attached hydrogen (secondary N) is 2. The summed E-state index contributed by atoms with van der Waals surface area (Å²) in [5.41, 5.74) is 1.12. The van der Waals surface area contributed by atoms with E-state index in [-0.39, 0.29) is 17.8 Å². The number of aromatic nitrogens is 3. The maximum atomic E-state index is 12.1. The van der Waals surface area contributed by atoms with Gasteiger partial charge in [-0.05, 0) is 18.9 Å². The number of rotatable bonds is 3.